The van der Waals surface area contributed by atoms with Crippen LogP contribution >= 0.6 is 0 Å². The van der Waals surface area contributed by atoms with Crippen molar-refractivity contribution in [2.45, 2.75) is 18.3 Å². The maximum Gasteiger partial charge on any atom is 0.254 e. The van der Waals surface area contributed by atoms with Gasteiger partial charge in [0.25, 0.3) is 5.91 Å². The van der Waals surface area contributed by atoms with Gasteiger partial charge < -0.3 is 24.8 Å². The van der Waals surface area contributed by atoms with Gasteiger partial charge in [0, 0.05) is 19.6 Å². The lowest BCUT2D eigenvalue weighted by Crippen LogP contribution is -2.53. The van der Waals surface area contributed by atoms with Gasteiger partial charge in [0.15, 0.2) is 6.10 Å². The Morgan fingerprint density at radius 1 is 1.14 bits per heavy atom. The molecule has 3 atom stereocenters. The van der Waals surface area contributed by atoms with Crippen LogP contribution in [0.5, 0.6) is 0 Å². The number of carbonyl (C=O) groups is 1. The lowest BCUT2D eigenvalue weighted by atomic mass is 10.0. The van der Waals surface area contributed by atoms with E-state index in [0.717, 1.165) is 5.56 Å². The van der Waals surface area contributed by atoms with Crippen molar-refractivity contribution in [3.8, 4) is 0 Å². The summed E-state index contributed by atoms with van der Waals surface area (Å²) in [5, 5.41) is 0. The number of rotatable bonds is 3. The number of morpholine rings is 1. The number of ether oxygens (including phenoxy) is 3. The summed E-state index contributed by atoms with van der Waals surface area (Å²) >= 11 is 0. The number of carbonyl (C=O) groups excluding carboxylic acids is 1. The smallest absolute Gasteiger partial charge is 0.254 e. The van der Waals surface area contributed by atoms with Crippen LogP contribution < -0.4 is 5.73 Å². The average molecular weight is 306 g/mol. The van der Waals surface area contributed by atoms with Gasteiger partial charge in [0.1, 0.15) is 6.10 Å². The maximum absolute atomic E-state index is 12.8. The zero-order valence-electron chi connectivity index (χ0n) is 12.5. The zero-order chi connectivity index (χ0) is 15.4. The summed E-state index contributed by atoms with van der Waals surface area (Å²) in [4.78, 5) is 14.6. The molecule has 6 heteroatoms. The van der Waals surface area contributed by atoms with Crippen molar-refractivity contribution in [2.75, 3.05) is 39.5 Å². The molecule has 0 bridgehead atoms. The van der Waals surface area contributed by atoms with E-state index in [0.29, 0.717) is 39.5 Å². The number of nitrogens with zero attached hydrogens (tertiary/aromatic N) is 1. The lowest BCUT2D eigenvalue weighted by Gasteiger charge is -2.38. The molecule has 0 radical (unpaired) electrons. The Labute approximate surface area is 130 Å². The highest BCUT2D eigenvalue weighted by Gasteiger charge is 2.38. The van der Waals surface area contributed by atoms with Crippen LogP contribution in [0.4, 0.5) is 0 Å². The molecule has 1 aromatic carbocycles. The monoisotopic (exact) mass is 306 g/mol. The van der Waals surface area contributed by atoms with E-state index in [4.69, 9.17) is 19.9 Å². The van der Waals surface area contributed by atoms with Gasteiger partial charge in [-0.3, -0.25) is 4.79 Å². The molecular formula is C16H22N2O4. The average Bonchev–Trinajstić information content (AvgIpc) is 2.62. The third-order valence-electron chi connectivity index (χ3n) is 4.04. The fraction of sp³-hybridized carbons (Fsp3) is 0.562. The third kappa shape index (κ3) is 3.30. The van der Waals surface area contributed by atoms with E-state index >= 15 is 0 Å². The number of nitrogens with two attached hydrogens (primary N) is 1. The van der Waals surface area contributed by atoms with Crippen molar-refractivity contribution in [1.29, 1.82) is 0 Å². The number of amides is 1. The second-order valence-electron chi connectivity index (χ2n) is 5.51. The van der Waals surface area contributed by atoms with E-state index in [1.165, 1.54) is 0 Å². The topological polar surface area (TPSA) is 74.0 Å². The van der Waals surface area contributed by atoms with Crippen LogP contribution in [0, 0.1) is 0 Å². The SMILES string of the molecule is NCC1CN(C(=O)[C@@H]2OCCO[C@@H]2c2ccccc2)CCO1. The first kappa shape index (κ1) is 15.4. The predicted octanol–water partition coefficient (Wildman–Crippen LogP) is 0.329. The van der Waals surface area contributed by atoms with E-state index in [1.807, 2.05) is 30.3 Å². The molecule has 2 N–H and O–H groups in total. The van der Waals surface area contributed by atoms with Crippen LogP contribution in [-0.4, -0.2) is 62.5 Å². The molecule has 2 fully saturated rings. The van der Waals surface area contributed by atoms with Crippen LogP contribution in [0.15, 0.2) is 30.3 Å². The van der Waals surface area contributed by atoms with Gasteiger partial charge in [-0.2, -0.15) is 0 Å². The first-order chi connectivity index (χ1) is 10.8. The Bertz CT molecular complexity index is 496. The van der Waals surface area contributed by atoms with Gasteiger partial charge in [-0.1, -0.05) is 30.3 Å². The molecule has 2 saturated heterocycles. The summed E-state index contributed by atoms with van der Waals surface area (Å²) in [5.41, 5.74) is 6.61. The fourth-order valence-electron chi connectivity index (χ4n) is 2.88. The van der Waals surface area contributed by atoms with E-state index in [1.54, 1.807) is 4.90 Å². The van der Waals surface area contributed by atoms with E-state index in [-0.39, 0.29) is 18.1 Å². The highest BCUT2D eigenvalue weighted by Crippen LogP contribution is 2.28. The first-order valence-electron chi connectivity index (χ1n) is 7.68. The fourth-order valence-corrected chi connectivity index (χ4v) is 2.88. The highest BCUT2D eigenvalue weighted by molar-refractivity contribution is 5.82. The molecule has 6 nitrogen and oxygen atoms in total. The largest absolute Gasteiger partial charge is 0.373 e. The van der Waals surface area contributed by atoms with Crippen molar-refractivity contribution in [3.05, 3.63) is 35.9 Å². The van der Waals surface area contributed by atoms with Gasteiger partial charge in [0.05, 0.1) is 25.9 Å². The van der Waals surface area contributed by atoms with Gasteiger partial charge in [-0.25, -0.2) is 0 Å². The molecule has 3 rings (SSSR count). The zero-order valence-corrected chi connectivity index (χ0v) is 12.5. The summed E-state index contributed by atoms with van der Waals surface area (Å²) < 4.78 is 17.1. The summed E-state index contributed by atoms with van der Waals surface area (Å²) in [6.07, 6.45) is -1.06. The number of hydrogen-bond acceptors (Lipinski definition) is 5. The second kappa shape index (κ2) is 7.19. The third-order valence-corrected chi connectivity index (χ3v) is 4.04. The minimum absolute atomic E-state index is 0.0460. The highest BCUT2D eigenvalue weighted by atomic mass is 16.6. The van der Waals surface area contributed by atoms with Crippen molar-refractivity contribution in [1.82, 2.24) is 4.90 Å². The molecule has 2 aliphatic heterocycles. The molecule has 120 valence electrons. The Kier molecular flexibility index (Phi) is 5.04. The molecule has 1 amide bonds. The van der Waals surface area contributed by atoms with E-state index < -0.39 is 6.10 Å². The summed E-state index contributed by atoms with van der Waals surface area (Å²) in [7, 11) is 0. The Balaban J connectivity index is 1.74. The van der Waals surface area contributed by atoms with Gasteiger partial charge in [-0.05, 0) is 5.56 Å². The van der Waals surface area contributed by atoms with Crippen LogP contribution in [-0.2, 0) is 19.0 Å². The number of benzene rings is 1. The Morgan fingerprint density at radius 2 is 1.91 bits per heavy atom. The molecule has 1 unspecified atom stereocenters. The number of hydrogen-bond donors (Lipinski definition) is 1. The van der Waals surface area contributed by atoms with Gasteiger partial charge >= 0.3 is 0 Å². The van der Waals surface area contributed by atoms with Gasteiger partial charge in [-0.15, -0.1) is 0 Å². The van der Waals surface area contributed by atoms with Crippen molar-refractivity contribution < 1.29 is 19.0 Å². The maximum atomic E-state index is 12.8. The quantitative estimate of drug-likeness (QED) is 0.871. The van der Waals surface area contributed by atoms with Gasteiger partial charge in [0.2, 0.25) is 0 Å². The molecule has 0 saturated carbocycles. The molecule has 0 spiro atoms. The van der Waals surface area contributed by atoms with E-state index in [2.05, 4.69) is 0 Å². The molecule has 2 heterocycles. The molecule has 2 aliphatic rings. The Morgan fingerprint density at radius 3 is 2.68 bits per heavy atom. The van der Waals surface area contributed by atoms with E-state index in [9.17, 15) is 4.79 Å². The predicted molar refractivity (Wildman–Crippen MR) is 80.2 cm³/mol. The molecule has 0 aliphatic carbocycles. The lowest BCUT2D eigenvalue weighted by molar-refractivity contribution is -0.180. The minimum atomic E-state index is -0.604. The van der Waals surface area contributed by atoms with Crippen LogP contribution in [0.1, 0.15) is 11.7 Å². The summed E-state index contributed by atoms with van der Waals surface area (Å²) in [6.45, 7) is 2.93. The van der Waals surface area contributed by atoms with Crippen molar-refractivity contribution >= 4 is 5.91 Å². The molecular weight excluding hydrogens is 284 g/mol. The van der Waals surface area contributed by atoms with Crippen LogP contribution in [0.2, 0.25) is 0 Å². The second-order valence-corrected chi connectivity index (χ2v) is 5.51. The summed E-state index contributed by atoms with van der Waals surface area (Å²) in [5.74, 6) is -0.0460. The molecule has 0 aromatic heterocycles. The van der Waals surface area contributed by atoms with Crippen molar-refractivity contribution in [3.63, 3.8) is 0 Å². The first-order valence-corrected chi connectivity index (χ1v) is 7.68. The van der Waals surface area contributed by atoms with Crippen molar-refractivity contribution in [2.24, 2.45) is 5.73 Å². The Hall–Kier alpha value is -1.47. The minimum Gasteiger partial charge on any atom is -0.373 e. The molecule has 22 heavy (non-hydrogen) atoms. The normalized spacial score (nSPS) is 29.3. The molecule has 1 aromatic rings. The summed E-state index contributed by atoms with van der Waals surface area (Å²) in [6, 6.07) is 9.74. The van der Waals surface area contributed by atoms with Crippen LogP contribution in [0.3, 0.4) is 0 Å². The standard InChI is InChI=1S/C16H22N2O4/c17-10-13-11-18(6-7-20-13)16(19)15-14(21-8-9-22-15)12-4-2-1-3-5-12/h1-5,13-15H,6-11,17H2/t13?,14-,15-/m1/s1. The van der Waals surface area contributed by atoms with Crippen LogP contribution in [0.25, 0.3) is 0 Å².